The molecule has 0 amide bonds. The number of hydrogen-bond donors (Lipinski definition) is 1. The molecular formula is C19H24N4O2S. The van der Waals surface area contributed by atoms with Crippen molar-refractivity contribution in [3.8, 4) is 5.88 Å². The first kappa shape index (κ1) is 17.5. The van der Waals surface area contributed by atoms with Crippen LogP contribution in [0.25, 0.3) is 4.96 Å². The van der Waals surface area contributed by atoms with Crippen LogP contribution in [0.5, 0.6) is 5.88 Å². The molecule has 0 radical (unpaired) electrons. The second-order valence-corrected chi connectivity index (χ2v) is 8.18. The summed E-state index contributed by atoms with van der Waals surface area (Å²) in [6.07, 6.45) is 0.301. The molecular weight excluding hydrogens is 348 g/mol. The Balaban J connectivity index is 1.84. The molecule has 0 saturated carbocycles. The van der Waals surface area contributed by atoms with Crippen LogP contribution in [0.1, 0.15) is 41.7 Å². The molecule has 1 aliphatic rings. The van der Waals surface area contributed by atoms with E-state index in [1.165, 1.54) is 22.5 Å². The lowest BCUT2D eigenvalue weighted by atomic mass is 10.00. The monoisotopic (exact) mass is 372 g/mol. The summed E-state index contributed by atoms with van der Waals surface area (Å²) in [5.74, 6) is 0.850. The van der Waals surface area contributed by atoms with Gasteiger partial charge in [0.25, 0.3) is 0 Å². The van der Waals surface area contributed by atoms with Crippen LogP contribution in [0.3, 0.4) is 0 Å². The summed E-state index contributed by atoms with van der Waals surface area (Å²) in [7, 11) is 0. The first-order chi connectivity index (χ1) is 12.4. The van der Waals surface area contributed by atoms with Crippen molar-refractivity contribution in [2.24, 2.45) is 0 Å². The Labute approximate surface area is 157 Å². The molecule has 1 aliphatic heterocycles. The second-order valence-electron chi connectivity index (χ2n) is 7.17. The standard InChI is InChI=1S/C19H24N4O2S/c1-11-6-5-7-15(8-11)16(22-9-12(2)25-13(3)10-22)17-18(24)23-19(26-17)20-14(4)21-23/h5-8,12-13,16,24H,9-10H2,1-4H3/t12-,13-,16+/m0/s1. The predicted octanol–water partition coefficient (Wildman–Crippen LogP) is 3.31. The quantitative estimate of drug-likeness (QED) is 0.764. The third-order valence-corrected chi connectivity index (χ3v) is 5.80. The third-order valence-electron chi connectivity index (χ3n) is 4.72. The molecule has 0 aliphatic carbocycles. The van der Waals surface area contributed by atoms with Crippen molar-refractivity contribution in [3.63, 3.8) is 0 Å². The van der Waals surface area contributed by atoms with E-state index in [1.807, 2.05) is 6.92 Å². The number of nitrogens with zero attached hydrogens (tertiary/aromatic N) is 4. The van der Waals surface area contributed by atoms with Crippen molar-refractivity contribution >= 4 is 16.3 Å². The molecule has 4 rings (SSSR count). The van der Waals surface area contributed by atoms with Crippen LogP contribution in [-0.2, 0) is 4.74 Å². The Kier molecular flexibility index (Phi) is 4.46. The molecule has 1 N–H and O–H groups in total. The number of aromatic nitrogens is 3. The van der Waals surface area contributed by atoms with E-state index in [2.05, 4.69) is 60.0 Å². The van der Waals surface area contributed by atoms with Crippen molar-refractivity contribution in [1.82, 2.24) is 19.5 Å². The van der Waals surface area contributed by atoms with Crippen LogP contribution in [0.2, 0.25) is 0 Å². The highest BCUT2D eigenvalue weighted by Gasteiger charge is 2.34. The van der Waals surface area contributed by atoms with Gasteiger partial charge < -0.3 is 9.84 Å². The number of benzene rings is 1. The zero-order valence-corrected chi connectivity index (χ0v) is 16.3. The van der Waals surface area contributed by atoms with E-state index < -0.39 is 0 Å². The zero-order chi connectivity index (χ0) is 18.4. The highest BCUT2D eigenvalue weighted by Crippen LogP contribution is 2.41. The van der Waals surface area contributed by atoms with Crippen LogP contribution >= 0.6 is 11.3 Å². The highest BCUT2D eigenvalue weighted by molar-refractivity contribution is 7.17. The molecule has 6 nitrogen and oxygen atoms in total. The number of aromatic hydroxyl groups is 1. The zero-order valence-electron chi connectivity index (χ0n) is 15.5. The molecule has 7 heteroatoms. The molecule has 138 valence electrons. The minimum atomic E-state index is -0.0440. The lowest BCUT2D eigenvalue weighted by Gasteiger charge is -2.40. The minimum Gasteiger partial charge on any atom is -0.492 e. The topological polar surface area (TPSA) is 62.9 Å². The van der Waals surface area contributed by atoms with E-state index in [4.69, 9.17) is 4.74 Å². The molecule has 26 heavy (non-hydrogen) atoms. The molecule has 2 aromatic heterocycles. The fourth-order valence-electron chi connectivity index (χ4n) is 3.82. The van der Waals surface area contributed by atoms with Gasteiger partial charge in [-0.25, -0.2) is 4.98 Å². The molecule has 0 unspecified atom stereocenters. The van der Waals surface area contributed by atoms with E-state index in [9.17, 15) is 5.11 Å². The van der Waals surface area contributed by atoms with E-state index in [1.54, 1.807) is 4.52 Å². The van der Waals surface area contributed by atoms with Crippen molar-refractivity contribution in [3.05, 3.63) is 46.1 Å². The predicted molar refractivity (Wildman–Crippen MR) is 102 cm³/mol. The highest BCUT2D eigenvalue weighted by atomic mass is 32.1. The molecule has 1 saturated heterocycles. The maximum Gasteiger partial charge on any atom is 0.230 e. The summed E-state index contributed by atoms with van der Waals surface area (Å²) in [6.45, 7) is 9.76. The van der Waals surface area contributed by atoms with Crippen LogP contribution in [0.4, 0.5) is 0 Å². The molecule has 1 aromatic carbocycles. The van der Waals surface area contributed by atoms with E-state index >= 15 is 0 Å². The molecule has 3 heterocycles. The number of morpholine rings is 1. The van der Waals surface area contributed by atoms with Gasteiger partial charge in [0, 0.05) is 13.1 Å². The van der Waals surface area contributed by atoms with Gasteiger partial charge in [-0.15, -0.1) is 5.10 Å². The van der Waals surface area contributed by atoms with Gasteiger partial charge in [-0.2, -0.15) is 4.52 Å². The van der Waals surface area contributed by atoms with Crippen LogP contribution in [0.15, 0.2) is 24.3 Å². The third kappa shape index (κ3) is 3.11. The summed E-state index contributed by atoms with van der Waals surface area (Å²) in [4.78, 5) is 8.43. The first-order valence-electron chi connectivity index (χ1n) is 8.93. The normalized spacial score (nSPS) is 22.8. The van der Waals surface area contributed by atoms with E-state index in [0.717, 1.165) is 22.9 Å². The maximum atomic E-state index is 10.9. The Hall–Kier alpha value is -1.96. The number of aryl methyl sites for hydroxylation is 2. The summed E-state index contributed by atoms with van der Waals surface area (Å²) >= 11 is 1.51. The molecule has 0 bridgehead atoms. The lowest BCUT2D eigenvalue weighted by Crippen LogP contribution is -2.47. The average Bonchev–Trinajstić information content (AvgIpc) is 3.05. The van der Waals surface area contributed by atoms with Gasteiger partial charge >= 0.3 is 0 Å². The van der Waals surface area contributed by atoms with E-state index in [0.29, 0.717) is 5.82 Å². The first-order valence-corrected chi connectivity index (χ1v) is 9.75. The van der Waals surface area contributed by atoms with Gasteiger partial charge in [0.05, 0.1) is 23.1 Å². The maximum absolute atomic E-state index is 10.9. The second kappa shape index (κ2) is 6.64. The smallest absolute Gasteiger partial charge is 0.230 e. The van der Waals surface area contributed by atoms with Crippen molar-refractivity contribution in [1.29, 1.82) is 0 Å². The minimum absolute atomic E-state index is 0.0440. The number of hydrogen-bond acceptors (Lipinski definition) is 6. The van der Waals surface area contributed by atoms with Crippen molar-refractivity contribution < 1.29 is 9.84 Å². The number of fused-ring (bicyclic) bond motifs is 1. The largest absolute Gasteiger partial charge is 0.492 e. The number of rotatable bonds is 3. The van der Waals surface area contributed by atoms with Gasteiger partial charge in [0.1, 0.15) is 5.82 Å². The van der Waals surface area contributed by atoms with Gasteiger partial charge in [0.2, 0.25) is 10.8 Å². The lowest BCUT2D eigenvalue weighted by molar-refractivity contribution is -0.0764. The number of ether oxygens (including phenoxy) is 1. The number of thiazole rings is 1. The summed E-state index contributed by atoms with van der Waals surface area (Å²) < 4.78 is 7.47. The summed E-state index contributed by atoms with van der Waals surface area (Å²) in [6, 6.07) is 8.44. The van der Waals surface area contributed by atoms with Crippen molar-refractivity contribution in [2.75, 3.05) is 13.1 Å². The Morgan fingerprint density at radius 2 is 1.96 bits per heavy atom. The Bertz CT molecular complexity index is 925. The van der Waals surface area contributed by atoms with Gasteiger partial charge in [-0.3, -0.25) is 4.90 Å². The summed E-state index contributed by atoms with van der Waals surface area (Å²) in [5.41, 5.74) is 2.37. The van der Waals surface area contributed by atoms with Crippen LogP contribution < -0.4 is 0 Å². The fraction of sp³-hybridized carbons (Fsp3) is 0.474. The molecule has 0 spiro atoms. The van der Waals surface area contributed by atoms with Gasteiger partial charge in [-0.1, -0.05) is 41.2 Å². The molecule has 3 atom stereocenters. The molecule has 3 aromatic rings. The van der Waals surface area contributed by atoms with Crippen LogP contribution in [-0.4, -0.2) is 49.9 Å². The average molecular weight is 372 g/mol. The van der Waals surface area contributed by atoms with Gasteiger partial charge in [0.15, 0.2) is 0 Å². The SMILES string of the molecule is Cc1cccc([C@H](c2sc3nc(C)nn3c2O)N2C[C@H](C)O[C@@H](C)C2)c1. The summed E-state index contributed by atoms with van der Waals surface area (Å²) in [5, 5.41) is 15.2. The fourth-order valence-corrected chi connectivity index (χ4v) is 4.99. The van der Waals surface area contributed by atoms with Crippen molar-refractivity contribution in [2.45, 2.75) is 45.9 Å². The van der Waals surface area contributed by atoms with E-state index in [-0.39, 0.29) is 24.1 Å². The Morgan fingerprint density at radius 1 is 1.23 bits per heavy atom. The molecule has 1 fully saturated rings. The van der Waals surface area contributed by atoms with Crippen LogP contribution in [0, 0.1) is 13.8 Å². The Morgan fingerprint density at radius 3 is 2.62 bits per heavy atom. The van der Waals surface area contributed by atoms with Gasteiger partial charge in [-0.05, 0) is 33.3 Å².